The van der Waals surface area contributed by atoms with Gasteiger partial charge in [0.2, 0.25) is 0 Å². The van der Waals surface area contributed by atoms with Crippen molar-refractivity contribution < 1.29 is 14.7 Å². The van der Waals surface area contributed by atoms with E-state index in [2.05, 4.69) is 31.0 Å². The molecule has 2 heterocycles. The van der Waals surface area contributed by atoms with Crippen LogP contribution in [0.15, 0.2) is 29.6 Å². The van der Waals surface area contributed by atoms with Crippen molar-refractivity contribution in [3.05, 3.63) is 40.9 Å². The van der Waals surface area contributed by atoms with Gasteiger partial charge < -0.3 is 10.0 Å². The molecule has 25 heavy (non-hydrogen) atoms. The van der Waals surface area contributed by atoms with Crippen molar-refractivity contribution >= 4 is 23.2 Å². The quantitative estimate of drug-likeness (QED) is 0.901. The molecule has 1 amide bonds. The number of amides is 1. The van der Waals surface area contributed by atoms with Crippen LogP contribution < -0.4 is 0 Å². The fourth-order valence-corrected chi connectivity index (χ4v) is 3.84. The van der Waals surface area contributed by atoms with Crippen LogP contribution in [0.5, 0.6) is 0 Å². The Kier molecular flexibility index (Phi) is 5.18. The van der Waals surface area contributed by atoms with E-state index >= 15 is 0 Å². The third-order valence-corrected chi connectivity index (χ3v) is 5.50. The zero-order chi connectivity index (χ0) is 18.0. The number of benzene rings is 1. The van der Waals surface area contributed by atoms with E-state index in [1.807, 2.05) is 12.1 Å². The van der Waals surface area contributed by atoms with Crippen LogP contribution in [0.3, 0.4) is 0 Å². The van der Waals surface area contributed by atoms with E-state index in [1.54, 1.807) is 10.3 Å². The molecule has 0 radical (unpaired) electrons. The van der Waals surface area contributed by atoms with Crippen LogP contribution in [0, 0.1) is 5.92 Å². The second kappa shape index (κ2) is 7.35. The summed E-state index contributed by atoms with van der Waals surface area (Å²) in [7, 11) is 0. The second-order valence-electron chi connectivity index (χ2n) is 6.74. The minimum atomic E-state index is -0.832. The summed E-state index contributed by atoms with van der Waals surface area (Å²) in [5, 5.41) is 11.7. The van der Waals surface area contributed by atoms with Gasteiger partial charge >= 0.3 is 5.97 Å². The fourth-order valence-electron chi connectivity index (χ4n) is 3.04. The van der Waals surface area contributed by atoms with Crippen molar-refractivity contribution in [1.82, 2.24) is 9.88 Å². The highest BCUT2D eigenvalue weighted by molar-refractivity contribution is 7.13. The van der Waals surface area contributed by atoms with Gasteiger partial charge in [-0.05, 0) is 24.3 Å². The van der Waals surface area contributed by atoms with E-state index in [1.165, 1.54) is 16.9 Å². The summed E-state index contributed by atoms with van der Waals surface area (Å²) >= 11 is 1.44. The summed E-state index contributed by atoms with van der Waals surface area (Å²) in [6.07, 6.45) is 1.35. The Morgan fingerprint density at radius 2 is 2.00 bits per heavy atom. The lowest BCUT2D eigenvalue weighted by Gasteiger charge is -2.30. The number of piperidine rings is 1. The minimum absolute atomic E-state index is 0.174. The van der Waals surface area contributed by atoms with Gasteiger partial charge in [-0.3, -0.25) is 9.59 Å². The summed E-state index contributed by atoms with van der Waals surface area (Å²) in [6, 6.07) is 8.24. The number of nitrogens with zero attached hydrogens (tertiary/aromatic N) is 2. The van der Waals surface area contributed by atoms with E-state index < -0.39 is 11.9 Å². The fraction of sp³-hybridized carbons (Fsp3) is 0.421. The molecule has 0 unspecified atom stereocenters. The van der Waals surface area contributed by atoms with Gasteiger partial charge in [0.15, 0.2) is 0 Å². The molecule has 2 aromatic rings. The van der Waals surface area contributed by atoms with Gasteiger partial charge in [-0.1, -0.05) is 38.1 Å². The molecule has 1 saturated heterocycles. The lowest BCUT2D eigenvalue weighted by Crippen LogP contribution is -2.42. The Bertz CT molecular complexity index is 767. The summed E-state index contributed by atoms with van der Waals surface area (Å²) < 4.78 is 0. The van der Waals surface area contributed by atoms with Gasteiger partial charge in [-0.25, -0.2) is 4.98 Å². The van der Waals surface area contributed by atoms with Gasteiger partial charge in [0.25, 0.3) is 5.91 Å². The number of likely N-dealkylation sites (tertiary alicyclic amines) is 1. The largest absolute Gasteiger partial charge is 0.481 e. The van der Waals surface area contributed by atoms with Crippen molar-refractivity contribution in [3.63, 3.8) is 0 Å². The molecule has 0 spiro atoms. The topological polar surface area (TPSA) is 70.5 Å². The first-order valence-corrected chi connectivity index (χ1v) is 9.41. The highest BCUT2D eigenvalue weighted by atomic mass is 32.1. The van der Waals surface area contributed by atoms with Gasteiger partial charge in [0, 0.05) is 24.0 Å². The highest BCUT2D eigenvalue weighted by Crippen LogP contribution is 2.27. The third kappa shape index (κ3) is 3.90. The molecule has 0 bridgehead atoms. The van der Waals surface area contributed by atoms with Crippen LogP contribution in [-0.2, 0) is 4.79 Å². The maximum Gasteiger partial charge on any atom is 0.308 e. The number of carbonyl (C=O) groups excluding carboxylic acids is 1. The van der Waals surface area contributed by atoms with Gasteiger partial charge in [-0.2, -0.15) is 0 Å². The molecule has 6 heteroatoms. The number of carboxylic acids is 1. The van der Waals surface area contributed by atoms with Crippen molar-refractivity contribution in [3.8, 4) is 10.6 Å². The molecular formula is C19H22N2O3S. The molecule has 1 fully saturated rings. The Morgan fingerprint density at radius 3 is 2.64 bits per heavy atom. The van der Waals surface area contributed by atoms with Crippen LogP contribution in [0.25, 0.3) is 10.6 Å². The molecule has 1 aliphatic rings. The molecular weight excluding hydrogens is 336 g/mol. The molecule has 1 aromatic carbocycles. The minimum Gasteiger partial charge on any atom is -0.481 e. The summed E-state index contributed by atoms with van der Waals surface area (Å²) in [6.45, 7) is 5.17. The molecule has 132 valence electrons. The number of thiazole rings is 1. The monoisotopic (exact) mass is 358 g/mol. The molecule has 1 atom stereocenters. The molecule has 0 saturated carbocycles. The Labute approximate surface area is 151 Å². The van der Waals surface area contributed by atoms with Crippen LogP contribution in [0.2, 0.25) is 0 Å². The number of rotatable bonds is 4. The number of hydrogen-bond acceptors (Lipinski definition) is 4. The SMILES string of the molecule is CC(C)c1ccc(-c2nc(C(=O)N3CCC[C@H](C(=O)O)C3)cs2)cc1. The maximum atomic E-state index is 12.6. The van der Waals surface area contributed by atoms with E-state index in [9.17, 15) is 14.7 Å². The lowest BCUT2D eigenvalue weighted by molar-refractivity contribution is -0.143. The second-order valence-corrected chi connectivity index (χ2v) is 7.60. The summed E-state index contributed by atoms with van der Waals surface area (Å²) in [4.78, 5) is 29.9. The maximum absolute atomic E-state index is 12.6. The van der Waals surface area contributed by atoms with Gasteiger partial charge in [0.05, 0.1) is 5.92 Å². The zero-order valence-electron chi connectivity index (χ0n) is 14.4. The van der Waals surface area contributed by atoms with Crippen molar-refractivity contribution in [2.24, 2.45) is 5.92 Å². The van der Waals surface area contributed by atoms with Crippen molar-refractivity contribution in [2.45, 2.75) is 32.6 Å². The van der Waals surface area contributed by atoms with E-state index in [0.717, 1.165) is 17.0 Å². The molecule has 1 N–H and O–H groups in total. The lowest BCUT2D eigenvalue weighted by atomic mass is 9.98. The number of aromatic nitrogens is 1. The summed E-state index contributed by atoms with van der Waals surface area (Å²) in [5.41, 5.74) is 2.67. The van der Waals surface area contributed by atoms with Crippen LogP contribution >= 0.6 is 11.3 Å². The smallest absolute Gasteiger partial charge is 0.308 e. The van der Waals surface area contributed by atoms with Crippen LogP contribution in [0.4, 0.5) is 0 Å². The van der Waals surface area contributed by atoms with E-state index in [0.29, 0.717) is 24.6 Å². The first kappa shape index (κ1) is 17.6. The first-order valence-electron chi connectivity index (χ1n) is 8.53. The molecule has 3 rings (SSSR count). The predicted octanol–water partition coefficient (Wildman–Crippen LogP) is 3.87. The van der Waals surface area contributed by atoms with E-state index in [-0.39, 0.29) is 12.5 Å². The van der Waals surface area contributed by atoms with Crippen LogP contribution in [0.1, 0.15) is 48.7 Å². The Balaban J connectivity index is 1.74. The van der Waals surface area contributed by atoms with Gasteiger partial charge in [-0.15, -0.1) is 11.3 Å². The van der Waals surface area contributed by atoms with Crippen molar-refractivity contribution in [2.75, 3.05) is 13.1 Å². The molecule has 5 nitrogen and oxygen atoms in total. The summed E-state index contributed by atoms with van der Waals surface area (Å²) in [5.74, 6) is -1.00. The van der Waals surface area contributed by atoms with Gasteiger partial charge in [0.1, 0.15) is 10.7 Å². The Morgan fingerprint density at radius 1 is 1.28 bits per heavy atom. The third-order valence-electron chi connectivity index (χ3n) is 4.61. The number of hydrogen-bond donors (Lipinski definition) is 1. The number of aliphatic carboxylic acids is 1. The highest BCUT2D eigenvalue weighted by Gasteiger charge is 2.29. The zero-order valence-corrected chi connectivity index (χ0v) is 15.3. The molecule has 1 aromatic heterocycles. The number of carboxylic acid groups (broad SMARTS) is 1. The van der Waals surface area contributed by atoms with Crippen molar-refractivity contribution in [1.29, 1.82) is 0 Å². The average Bonchev–Trinajstić information content (AvgIpc) is 3.11. The number of carbonyl (C=O) groups is 2. The van der Waals surface area contributed by atoms with E-state index in [4.69, 9.17) is 0 Å². The normalized spacial score (nSPS) is 17.7. The standard InChI is InChI=1S/C19H22N2O3S/c1-12(2)13-5-7-14(8-6-13)17-20-16(11-25-17)18(22)21-9-3-4-15(10-21)19(23)24/h5-8,11-12,15H,3-4,9-10H2,1-2H3,(H,23,24)/t15-/m0/s1. The predicted molar refractivity (Wildman–Crippen MR) is 97.9 cm³/mol. The average molecular weight is 358 g/mol. The molecule has 0 aliphatic carbocycles. The van der Waals surface area contributed by atoms with Crippen LogP contribution in [-0.4, -0.2) is 40.0 Å². The first-order chi connectivity index (χ1) is 12.0. The molecule has 1 aliphatic heterocycles. The Hall–Kier alpha value is -2.21.